The van der Waals surface area contributed by atoms with E-state index in [2.05, 4.69) is 6.92 Å². The van der Waals surface area contributed by atoms with Gasteiger partial charge < -0.3 is 24.4 Å². The molecule has 12 heteroatoms. The minimum atomic E-state index is -0.976. The van der Waals surface area contributed by atoms with Crippen molar-refractivity contribution in [2.75, 3.05) is 53.9 Å². The summed E-state index contributed by atoms with van der Waals surface area (Å²) in [6.07, 6.45) is 3.41. The van der Waals surface area contributed by atoms with Gasteiger partial charge in [-0.2, -0.15) is 11.8 Å². The molecule has 9 atom stereocenters. The van der Waals surface area contributed by atoms with Gasteiger partial charge in [-0.15, -0.1) is 0 Å². The normalized spacial score (nSPS) is 19.9. The van der Waals surface area contributed by atoms with Crippen LogP contribution in [0.1, 0.15) is 93.4 Å². The van der Waals surface area contributed by atoms with E-state index in [1.165, 1.54) is 7.11 Å². The lowest BCUT2D eigenvalue weighted by atomic mass is 9.83. The fourth-order valence-corrected chi connectivity index (χ4v) is 8.33. The summed E-state index contributed by atoms with van der Waals surface area (Å²) in [5.74, 6) is -2.55. The number of hydrogen-bond acceptors (Lipinski definition) is 9. The van der Waals surface area contributed by atoms with Crippen LogP contribution in [0.5, 0.6) is 0 Å². The van der Waals surface area contributed by atoms with Crippen LogP contribution >= 0.6 is 11.8 Å². The highest BCUT2D eigenvalue weighted by Gasteiger charge is 2.43. The van der Waals surface area contributed by atoms with Crippen molar-refractivity contribution in [2.45, 2.75) is 124 Å². The highest BCUT2D eigenvalue weighted by atomic mass is 32.2. The number of ketones is 2. The van der Waals surface area contributed by atoms with Crippen molar-refractivity contribution >= 4 is 41.1 Å². The molecule has 1 heterocycles. The molecule has 11 nitrogen and oxygen atoms in total. The summed E-state index contributed by atoms with van der Waals surface area (Å²) in [7, 11) is 8.64. The molecule has 0 bridgehead atoms. The monoisotopic (exact) mass is 727 g/mol. The number of likely N-dealkylation sites (tertiary alicyclic amines) is 1. The van der Waals surface area contributed by atoms with Gasteiger partial charge in [0.2, 0.25) is 11.8 Å². The molecule has 1 fully saturated rings. The van der Waals surface area contributed by atoms with Crippen LogP contribution in [0.3, 0.4) is 0 Å². The van der Waals surface area contributed by atoms with Crippen molar-refractivity contribution in [3.63, 3.8) is 0 Å². The molecule has 0 aromatic heterocycles. The molecule has 1 saturated heterocycles. The maximum absolute atomic E-state index is 14.2. The van der Waals surface area contributed by atoms with Gasteiger partial charge in [-0.3, -0.25) is 28.9 Å². The number of aliphatic carboxylic acids is 1. The van der Waals surface area contributed by atoms with Gasteiger partial charge in [0.05, 0.1) is 42.7 Å². The summed E-state index contributed by atoms with van der Waals surface area (Å²) in [4.78, 5) is 72.4. The van der Waals surface area contributed by atoms with E-state index in [-0.39, 0.29) is 72.5 Å². The van der Waals surface area contributed by atoms with E-state index in [1.807, 2.05) is 59.9 Å². The maximum atomic E-state index is 14.2. The van der Waals surface area contributed by atoms with E-state index < -0.39 is 42.0 Å². The van der Waals surface area contributed by atoms with Crippen LogP contribution in [0, 0.1) is 35.5 Å². The molecule has 0 aromatic rings. The smallest absolute Gasteiger partial charge is 0.306 e. The summed E-state index contributed by atoms with van der Waals surface area (Å²) in [5.41, 5.74) is 0. The first-order valence-corrected chi connectivity index (χ1v) is 19.8. The van der Waals surface area contributed by atoms with Crippen LogP contribution in [0.25, 0.3) is 0 Å². The highest BCUT2D eigenvalue weighted by Crippen LogP contribution is 2.32. The number of carboxylic acids is 1. The average molecular weight is 728 g/mol. The molecule has 1 aliphatic rings. The number of hydrogen-bond donors (Lipinski definition) is 1. The summed E-state index contributed by atoms with van der Waals surface area (Å²) in [5, 5.41) is 9.69. The molecule has 1 rings (SSSR count). The molecular formula is C38H69N3O8S. The first kappa shape index (κ1) is 46.0. The first-order valence-electron chi connectivity index (χ1n) is 18.4. The number of ether oxygens (including phenoxy) is 2. The van der Waals surface area contributed by atoms with Gasteiger partial charge in [-0.05, 0) is 63.1 Å². The quantitative estimate of drug-likeness (QED) is 0.143. The summed E-state index contributed by atoms with van der Waals surface area (Å²) < 4.78 is 11.9. The molecule has 290 valence electrons. The van der Waals surface area contributed by atoms with E-state index in [4.69, 9.17) is 9.47 Å². The van der Waals surface area contributed by atoms with Crippen LogP contribution < -0.4 is 0 Å². The lowest BCUT2D eigenvalue weighted by Gasteiger charge is -2.41. The Morgan fingerprint density at radius 2 is 1.52 bits per heavy atom. The van der Waals surface area contributed by atoms with Crippen molar-refractivity contribution in [3.8, 4) is 0 Å². The zero-order valence-electron chi connectivity index (χ0n) is 33.3. The third-order valence-electron chi connectivity index (χ3n) is 10.9. The zero-order valence-corrected chi connectivity index (χ0v) is 34.1. The largest absolute Gasteiger partial charge is 0.481 e. The number of carbonyl (C=O) groups excluding carboxylic acids is 4. The lowest BCUT2D eigenvalue weighted by molar-refractivity contribution is -0.149. The van der Waals surface area contributed by atoms with E-state index in [0.717, 1.165) is 12.8 Å². The van der Waals surface area contributed by atoms with Gasteiger partial charge in [-0.1, -0.05) is 54.9 Å². The number of methoxy groups -OCH3 is 2. The van der Waals surface area contributed by atoms with Crippen molar-refractivity contribution in [1.29, 1.82) is 0 Å². The van der Waals surface area contributed by atoms with Crippen LogP contribution in [-0.2, 0) is 33.4 Å². The maximum Gasteiger partial charge on any atom is 0.306 e. The van der Waals surface area contributed by atoms with Gasteiger partial charge in [-0.25, -0.2) is 0 Å². The van der Waals surface area contributed by atoms with Crippen LogP contribution in [-0.4, -0.2) is 133 Å². The third kappa shape index (κ3) is 12.6. The van der Waals surface area contributed by atoms with Gasteiger partial charge in [0.15, 0.2) is 5.78 Å². The number of thioether (sulfide) groups is 1. The molecule has 0 aromatic carbocycles. The standard InChI is InChI=1S/C38H69N3O8S/c1-14-25(6)35(40(10)37(45)28(23(2)3)21-31(43)34(24(4)5)39(8)9)32(48-11)22-33(44)41-18-15-16-29(41)36(49-12)26(7)30(42)20-27(38(46)47)17-19-50-13/h23-29,32,34-36H,14-22H2,1-13H3,(H,46,47)/t25-,26-,27+,28-,29-,32+,34-,35-,36+/m0/s1. The summed E-state index contributed by atoms with van der Waals surface area (Å²) in [6, 6.07) is -1.05. The number of carbonyl (C=O) groups is 5. The Balaban J connectivity index is 3.26. The molecule has 0 spiro atoms. The minimum absolute atomic E-state index is 0.00225. The van der Waals surface area contributed by atoms with Crippen LogP contribution in [0.15, 0.2) is 0 Å². The summed E-state index contributed by atoms with van der Waals surface area (Å²) in [6.45, 7) is 14.3. The number of likely N-dealkylation sites (N-methyl/N-ethyl adjacent to an activating group) is 2. The molecule has 0 radical (unpaired) electrons. The van der Waals surface area contributed by atoms with Crippen molar-refractivity contribution in [2.24, 2.45) is 35.5 Å². The Morgan fingerprint density at radius 1 is 0.900 bits per heavy atom. The Kier molecular flexibility index (Phi) is 20.4. The van der Waals surface area contributed by atoms with Crippen molar-refractivity contribution in [3.05, 3.63) is 0 Å². The molecule has 1 aliphatic heterocycles. The molecule has 0 saturated carbocycles. The number of carboxylic acid groups (broad SMARTS) is 1. The molecule has 1 N–H and O–H groups in total. The van der Waals surface area contributed by atoms with Crippen LogP contribution in [0.2, 0.25) is 0 Å². The van der Waals surface area contributed by atoms with Crippen LogP contribution in [0.4, 0.5) is 0 Å². The highest BCUT2D eigenvalue weighted by molar-refractivity contribution is 7.98. The van der Waals surface area contributed by atoms with Gasteiger partial charge >= 0.3 is 5.97 Å². The molecule has 0 aliphatic carbocycles. The molecular weight excluding hydrogens is 658 g/mol. The van der Waals surface area contributed by atoms with Crippen molar-refractivity contribution < 1.29 is 38.6 Å². The zero-order chi connectivity index (χ0) is 38.5. The topological polar surface area (TPSA) is 134 Å². The second-order valence-corrected chi connectivity index (χ2v) is 16.2. The Labute approximate surface area is 306 Å². The predicted octanol–water partition coefficient (Wildman–Crippen LogP) is 5.14. The number of nitrogens with zero attached hydrogens (tertiary/aromatic N) is 3. The Morgan fingerprint density at radius 3 is 1.98 bits per heavy atom. The minimum Gasteiger partial charge on any atom is -0.481 e. The number of amides is 2. The van der Waals surface area contributed by atoms with E-state index in [9.17, 15) is 29.1 Å². The predicted molar refractivity (Wildman–Crippen MR) is 200 cm³/mol. The SMILES string of the molecule is CC[C@H](C)[C@@H]([C@@H](CC(=O)N1CCC[C@H]1[C@H](OC)[C@@H](C)C(=O)C[C@@H](CCSC)C(=O)O)OC)N(C)C(=O)[C@@H](CC(=O)[C@H](C(C)C)N(C)C)C(C)C. The fraction of sp³-hybridized carbons (Fsp3) is 0.868. The molecule has 0 unspecified atom stereocenters. The Bertz CT molecular complexity index is 1090. The van der Waals surface area contributed by atoms with E-state index in [1.54, 1.807) is 42.6 Å². The second-order valence-electron chi connectivity index (χ2n) is 15.2. The second kappa shape index (κ2) is 22.1. The molecule has 2 amide bonds. The lowest BCUT2D eigenvalue weighted by Crippen LogP contribution is -2.54. The van der Waals surface area contributed by atoms with E-state index in [0.29, 0.717) is 25.1 Å². The number of Topliss-reactive ketones (excluding diaryl/α,β-unsaturated/α-hetero) is 2. The fourth-order valence-electron chi connectivity index (χ4n) is 7.81. The summed E-state index contributed by atoms with van der Waals surface area (Å²) >= 11 is 1.55. The average Bonchev–Trinajstić information content (AvgIpc) is 3.53. The van der Waals surface area contributed by atoms with Gasteiger partial charge in [0.25, 0.3) is 0 Å². The first-order chi connectivity index (χ1) is 23.4. The van der Waals surface area contributed by atoms with Crippen molar-refractivity contribution in [1.82, 2.24) is 14.7 Å². The molecule has 50 heavy (non-hydrogen) atoms. The third-order valence-corrected chi connectivity index (χ3v) is 11.5. The Hall–Kier alpha value is -2.02. The van der Waals surface area contributed by atoms with E-state index >= 15 is 0 Å². The van der Waals surface area contributed by atoms with Gasteiger partial charge in [0, 0.05) is 52.5 Å². The van der Waals surface area contributed by atoms with Gasteiger partial charge in [0.1, 0.15) is 5.78 Å². The number of rotatable bonds is 24.